The van der Waals surface area contributed by atoms with Crippen molar-refractivity contribution >= 4 is 5.96 Å². The van der Waals surface area contributed by atoms with E-state index < -0.39 is 0 Å². The van der Waals surface area contributed by atoms with E-state index in [1.54, 1.807) is 0 Å². The first-order valence-electron chi connectivity index (χ1n) is 9.25. The molecule has 0 aromatic carbocycles. The number of aryl methyl sites for hydroxylation is 2. The van der Waals surface area contributed by atoms with E-state index in [1.165, 1.54) is 38.5 Å². The van der Waals surface area contributed by atoms with E-state index in [4.69, 9.17) is 9.15 Å². The minimum Gasteiger partial charge on any atom is -0.444 e. The van der Waals surface area contributed by atoms with E-state index >= 15 is 0 Å². The molecule has 2 rings (SSSR count). The Morgan fingerprint density at radius 2 is 1.96 bits per heavy atom. The van der Waals surface area contributed by atoms with E-state index in [-0.39, 0.29) is 0 Å². The minimum atomic E-state index is 0.437. The predicted molar refractivity (Wildman–Crippen MR) is 96.2 cm³/mol. The van der Waals surface area contributed by atoms with Gasteiger partial charge < -0.3 is 19.8 Å². The third-order valence-corrected chi connectivity index (χ3v) is 4.34. The Labute approximate surface area is 145 Å². The van der Waals surface area contributed by atoms with Crippen molar-refractivity contribution in [2.45, 2.75) is 71.9 Å². The SMILES string of the molecule is CCNC(=NCc1nc(C)c(C)o1)NCCOC1CCCCCC1. The van der Waals surface area contributed by atoms with Gasteiger partial charge in [0.05, 0.1) is 18.4 Å². The standard InChI is InChI=1S/C18H32N4O2/c1-4-19-18(21-13-17-22-14(2)15(3)24-17)20-11-12-23-16-9-7-5-6-8-10-16/h16H,4-13H2,1-3H3,(H2,19,20,21). The van der Waals surface area contributed by atoms with Crippen molar-refractivity contribution in [1.82, 2.24) is 15.6 Å². The molecule has 24 heavy (non-hydrogen) atoms. The average Bonchev–Trinajstić information content (AvgIpc) is 2.77. The lowest BCUT2D eigenvalue weighted by molar-refractivity contribution is 0.0468. The number of ether oxygens (including phenoxy) is 1. The molecule has 136 valence electrons. The van der Waals surface area contributed by atoms with Crippen LogP contribution in [0.25, 0.3) is 0 Å². The fourth-order valence-corrected chi connectivity index (χ4v) is 2.90. The van der Waals surface area contributed by atoms with Gasteiger partial charge in [-0.15, -0.1) is 0 Å². The maximum Gasteiger partial charge on any atom is 0.216 e. The predicted octanol–water partition coefficient (Wildman–Crippen LogP) is 3.09. The van der Waals surface area contributed by atoms with Gasteiger partial charge in [-0.05, 0) is 33.6 Å². The normalized spacial score (nSPS) is 16.9. The zero-order valence-corrected chi connectivity index (χ0v) is 15.4. The smallest absolute Gasteiger partial charge is 0.216 e. The highest BCUT2D eigenvalue weighted by molar-refractivity contribution is 5.79. The van der Waals surface area contributed by atoms with E-state index in [0.29, 0.717) is 25.1 Å². The summed E-state index contributed by atoms with van der Waals surface area (Å²) in [4.78, 5) is 8.87. The van der Waals surface area contributed by atoms with E-state index in [1.807, 2.05) is 13.8 Å². The number of oxazole rings is 1. The van der Waals surface area contributed by atoms with Gasteiger partial charge in [0.15, 0.2) is 5.96 Å². The molecule has 6 nitrogen and oxygen atoms in total. The fourth-order valence-electron chi connectivity index (χ4n) is 2.90. The second-order valence-electron chi connectivity index (χ2n) is 6.36. The van der Waals surface area contributed by atoms with Crippen LogP contribution in [-0.4, -0.2) is 36.7 Å². The summed E-state index contributed by atoms with van der Waals surface area (Å²) < 4.78 is 11.6. The van der Waals surface area contributed by atoms with Crippen molar-refractivity contribution in [2.24, 2.45) is 4.99 Å². The summed E-state index contributed by atoms with van der Waals surface area (Å²) in [5.74, 6) is 2.28. The van der Waals surface area contributed by atoms with Gasteiger partial charge in [-0.25, -0.2) is 9.98 Å². The summed E-state index contributed by atoms with van der Waals surface area (Å²) >= 11 is 0. The van der Waals surface area contributed by atoms with Crippen LogP contribution in [0.1, 0.15) is 62.8 Å². The summed E-state index contributed by atoms with van der Waals surface area (Å²) in [6.45, 7) is 8.65. The number of hydrogen-bond acceptors (Lipinski definition) is 4. The molecule has 1 aromatic heterocycles. The van der Waals surface area contributed by atoms with E-state index in [9.17, 15) is 0 Å². The molecule has 0 atom stereocenters. The number of nitrogens with zero attached hydrogens (tertiary/aromatic N) is 2. The highest BCUT2D eigenvalue weighted by Gasteiger charge is 2.12. The molecule has 0 aliphatic heterocycles. The largest absolute Gasteiger partial charge is 0.444 e. The number of aliphatic imine (C=N–C) groups is 1. The number of aromatic nitrogens is 1. The Hall–Kier alpha value is -1.56. The molecule has 0 spiro atoms. The molecule has 1 heterocycles. The van der Waals surface area contributed by atoms with Crippen molar-refractivity contribution in [3.8, 4) is 0 Å². The van der Waals surface area contributed by atoms with Crippen LogP contribution in [0.2, 0.25) is 0 Å². The fraction of sp³-hybridized carbons (Fsp3) is 0.778. The van der Waals surface area contributed by atoms with Crippen molar-refractivity contribution in [3.05, 3.63) is 17.3 Å². The second kappa shape index (κ2) is 10.3. The molecule has 0 radical (unpaired) electrons. The summed E-state index contributed by atoms with van der Waals surface area (Å²) in [6.07, 6.45) is 8.17. The van der Waals surface area contributed by atoms with Crippen LogP contribution >= 0.6 is 0 Å². The summed E-state index contributed by atoms with van der Waals surface area (Å²) in [5.41, 5.74) is 0.926. The van der Waals surface area contributed by atoms with Gasteiger partial charge in [-0.2, -0.15) is 0 Å². The quantitative estimate of drug-likeness (QED) is 0.346. The number of nitrogens with one attached hydrogen (secondary N) is 2. The molecule has 2 N–H and O–H groups in total. The highest BCUT2D eigenvalue weighted by Crippen LogP contribution is 2.19. The van der Waals surface area contributed by atoms with Crippen LogP contribution in [0.5, 0.6) is 0 Å². The van der Waals surface area contributed by atoms with Crippen molar-refractivity contribution in [3.63, 3.8) is 0 Å². The Morgan fingerprint density at radius 1 is 1.21 bits per heavy atom. The van der Waals surface area contributed by atoms with Gasteiger partial charge in [0.1, 0.15) is 12.3 Å². The minimum absolute atomic E-state index is 0.437. The lowest BCUT2D eigenvalue weighted by Gasteiger charge is -2.16. The molecule has 0 amide bonds. The molecule has 1 aliphatic rings. The Morgan fingerprint density at radius 3 is 2.58 bits per heavy atom. The Bertz CT molecular complexity index is 486. The van der Waals surface area contributed by atoms with Crippen LogP contribution < -0.4 is 10.6 Å². The Kier molecular flexibility index (Phi) is 8.08. The first-order chi connectivity index (χ1) is 11.7. The molecule has 1 aromatic rings. The zero-order valence-electron chi connectivity index (χ0n) is 15.4. The molecule has 1 fully saturated rings. The second-order valence-corrected chi connectivity index (χ2v) is 6.36. The molecule has 1 aliphatic carbocycles. The van der Waals surface area contributed by atoms with Crippen LogP contribution in [0.3, 0.4) is 0 Å². The summed E-state index contributed by atoms with van der Waals surface area (Å²) in [6, 6.07) is 0. The van der Waals surface area contributed by atoms with Gasteiger partial charge in [0.2, 0.25) is 5.89 Å². The van der Waals surface area contributed by atoms with Crippen LogP contribution in [-0.2, 0) is 11.3 Å². The molecule has 6 heteroatoms. The molecule has 1 saturated carbocycles. The monoisotopic (exact) mass is 336 g/mol. The summed E-state index contributed by atoms with van der Waals surface area (Å²) in [5, 5.41) is 6.55. The first kappa shape index (κ1) is 18.8. The van der Waals surface area contributed by atoms with Gasteiger partial charge in [0.25, 0.3) is 0 Å². The lowest BCUT2D eigenvalue weighted by Crippen LogP contribution is -2.39. The van der Waals surface area contributed by atoms with Crippen LogP contribution in [0, 0.1) is 13.8 Å². The van der Waals surface area contributed by atoms with Crippen molar-refractivity contribution in [2.75, 3.05) is 19.7 Å². The van der Waals surface area contributed by atoms with Crippen LogP contribution in [0.15, 0.2) is 9.41 Å². The van der Waals surface area contributed by atoms with Crippen molar-refractivity contribution in [1.29, 1.82) is 0 Å². The molecule has 0 unspecified atom stereocenters. The van der Waals surface area contributed by atoms with E-state index in [0.717, 1.165) is 30.5 Å². The highest BCUT2D eigenvalue weighted by atomic mass is 16.5. The maximum atomic E-state index is 6.00. The van der Waals surface area contributed by atoms with Crippen molar-refractivity contribution < 1.29 is 9.15 Å². The van der Waals surface area contributed by atoms with Crippen LogP contribution in [0.4, 0.5) is 0 Å². The number of guanidine groups is 1. The van der Waals surface area contributed by atoms with Gasteiger partial charge in [-0.3, -0.25) is 0 Å². The number of rotatable bonds is 7. The summed E-state index contributed by atoms with van der Waals surface area (Å²) in [7, 11) is 0. The molecule has 0 saturated heterocycles. The van der Waals surface area contributed by atoms with E-state index in [2.05, 4.69) is 27.5 Å². The molecule has 0 bridgehead atoms. The Balaban J connectivity index is 1.72. The average molecular weight is 336 g/mol. The third kappa shape index (κ3) is 6.51. The van der Waals surface area contributed by atoms with Gasteiger partial charge in [0, 0.05) is 13.1 Å². The number of hydrogen-bond donors (Lipinski definition) is 2. The third-order valence-electron chi connectivity index (χ3n) is 4.34. The van der Waals surface area contributed by atoms with Gasteiger partial charge in [-0.1, -0.05) is 25.7 Å². The molecular weight excluding hydrogens is 304 g/mol. The topological polar surface area (TPSA) is 71.7 Å². The first-order valence-corrected chi connectivity index (χ1v) is 9.25. The lowest BCUT2D eigenvalue weighted by atomic mass is 10.1. The van der Waals surface area contributed by atoms with Gasteiger partial charge >= 0.3 is 0 Å². The molecular formula is C18H32N4O2. The maximum absolute atomic E-state index is 6.00. The zero-order chi connectivity index (χ0) is 17.2.